The summed E-state index contributed by atoms with van der Waals surface area (Å²) in [5, 5.41) is 2.76. The van der Waals surface area contributed by atoms with Crippen molar-refractivity contribution >= 4 is 29.1 Å². The number of nitrogens with one attached hydrogen (secondary N) is 1. The predicted octanol–water partition coefficient (Wildman–Crippen LogP) is 2.71. The number of carbonyl (C=O) groups is 3. The molecule has 0 bridgehead atoms. The van der Waals surface area contributed by atoms with Gasteiger partial charge < -0.3 is 19.9 Å². The van der Waals surface area contributed by atoms with Gasteiger partial charge in [0.25, 0.3) is 0 Å². The Morgan fingerprint density at radius 1 is 1.17 bits per heavy atom. The number of amides is 3. The predicted molar refractivity (Wildman–Crippen MR) is 116 cm³/mol. The van der Waals surface area contributed by atoms with E-state index in [4.69, 9.17) is 4.74 Å². The molecule has 0 spiro atoms. The Morgan fingerprint density at radius 3 is 2.53 bits per heavy atom. The van der Waals surface area contributed by atoms with E-state index in [0.29, 0.717) is 18.0 Å². The average molecular weight is 409 g/mol. The molecule has 3 rings (SSSR count). The summed E-state index contributed by atoms with van der Waals surface area (Å²) in [5.74, 6) is -0.329. The number of methoxy groups -OCH3 is 1. The van der Waals surface area contributed by atoms with Crippen molar-refractivity contribution < 1.29 is 19.1 Å². The van der Waals surface area contributed by atoms with Crippen LogP contribution in [0.2, 0.25) is 0 Å². The Balaban J connectivity index is 1.59. The summed E-state index contributed by atoms with van der Waals surface area (Å²) in [6.07, 6.45) is 0.964. The van der Waals surface area contributed by atoms with Crippen LogP contribution in [0.1, 0.15) is 18.9 Å². The molecule has 1 fully saturated rings. The molecule has 0 aliphatic carbocycles. The van der Waals surface area contributed by atoms with E-state index >= 15 is 0 Å². The fourth-order valence-corrected chi connectivity index (χ4v) is 3.66. The van der Waals surface area contributed by atoms with E-state index in [9.17, 15) is 14.4 Å². The normalized spacial score (nSPS) is 15.8. The maximum Gasteiger partial charge on any atom is 0.243 e. The lowest BCUT2D eigenvalue weighted by Crippen LogP contribution is -2.39. The second-order valence-electron chi connectivity index (χ2n) is 7.36. The van der Waals surface area contributed by atoms with Gasteiger partial charge in [-0.2, -0.15) is 0 Å². The fourth-order valence-electron chi connectivity index (χ4n) is 3.66. The van der Waals surface area contributed by atoms with E-state index in [1.807, 2.05) is 31.2 Å². The van der Waals surface area contributed by atoms with Crippen LogP contribution in [0.25, 0.3) is 0 Å². The molecule has 1 heterocycles. The third-order valence-corrected chi connectivity index (χ3v) is 5.27. The number of benzene rings is 2. The van der Waals surface area contributed by atoms with Crippen molar-refractivity contribution in [1.82, 2.24) is 4.90 Å². The van der Waals surface area contributed by atoms with Crippen LogP contribution in [0.5, 0.6) is 5.75 Å². The molecule has 2 aromatic carbocycles. The maximum absolute atomic E-state index is 12.8. The minimum Gasteiger partial charge on any atom is -0.497 e. The van der Waals surface area contributed by atoms with Crippen LogP contribution in [-0.4, -0.2) is 49.9 Å². The molecule has 1 atom stereocenters. The Hall–Kier alpha value is -3.35. The molecule has 0 radical (unpaired) electrons. The first kappa shape index (κ1) is 21.4. The standard InChI is InChI=1S/C23H27N3O4/c1-4-16-7-5-6-8-20(16)26-14-17(13-22(26)28)23(29)25(2)15-21(27)24-18-9-11-19(30-3)12-10-18/h5-12,17H,4,13-15H2,1-3H3,(H,24,27)/t17-/m0/s1. The van der Waals surface area contributed by atoms with Gasteiger partial charge >= 0.3 is 0 Å². The van der Waals surface area contributed by atoms with Crippen LogP contribution < -0.4 is 15.0 Å². The smallest absolute Gasteiger partial charge is 0.243 e. The monoisotopic (exact) mass is 409 g/mol. The number of likely N-dealkylation sites (N-methyl/N-ethyl adjacent to an activating group) is 1. The minimum atomic E-state index is -0.457. The van der Waals surface area contributed by atoms with Gasteiger partial charge in [0.15, 0.2) is 0 Å². The van der Waals surface area contributed by atoms with Crippen LogP contribution in [0.15, 0.2) is 48.5 Å². The zero-order valence-electron chi connectivity index (χ0n) is 17.6. The lowest BCUT2D eigenvalue weighted by Gasteiger charge is -2.22. The lowest BCUT2D eigenvalue weighted by atomic mass is 10.1. The Kier molecular flexibility index (Phi) is 6.72. The Morgan fingerprint density at radius 2 is 1.87 bits per heavy atom. The summed E-state index contributed by atoms with van der Waals surface area (Å²) in [6.45, 7) is 2.29. The molecule has 1 saturated heterocycles. The summed E-state index contributed by atoms with van der Waals surface area (Å²) in [6, 6.07) is 14.7. The molecule has 1 aliphatic heterocycles. The van der Waals surface area contributed by atoms with E-state index in [-0.39, 0.29) is 30.7 Å². The number of hydrogen-bond donors (Lipinski definition) is 1. The van der Waals surface area contributed by atoms with Gasteiger partial charge in [0.2, 0.25) is 17.7 Å². The van der Waals surface area contributed by atoms with Crippen LogP contribution in [0.3, 0.4) is 0 Å². The van der Waals surface area contributed by atoms with Crippen molar-refractivity contribution in [2.75, 3.05) is 37.5 Å². The number of ether oxygens (including phenoxy) is 1. The lowest BCUT2D eigenvalue weighted by molar-refractivity contribution is -0.137. The first-order valence-electron chi connectivity index (χ1n) is 10.00. The number of anilines is 2. The first-order valence-corrected chi connectivity index (χ1v) is 10.00. The fraction of sp³-hybridized carbons (Fsp3) is 0.348. The molecular weight excluding hydrogens is 382 g/mol. The third-order valence-electron chi connectivity index (χ3n) is 5.27. The van der Waals surface area contributed by atoms with Crippen molar-refractivity contribution in [2.24, 2.45) is 5.92 Å². The number of rotatable bonds is 7. The van der Waals surface area contributed by atoms with Gasteiger partial charge in [-0.15, -0.1) is 0 Å². The molecule has 30 heavy (non-hydrogen) atoms. The largest absolute Gasteiger partial charge is 0.497 e. The van der Waals surface area contributed by atoms with Crippen molar-refractivity contribution in [3.63, 3.8) is 0 Å². The zero-order chi connectivity index (χ0) is 21.7. The quantitative estimate of drug-likeness (QED) is 0.763. The summed E-state index contributed by atoms with van der Waals surface area (Å²) < 4.78 is 5.09. The summed E-state index contributed by atoms with van der Waals surface area (Å²) >= 11 is 0. The van der Waals surface area contributed by atoms with Gasteiger partial charge in [0.05, 0.1) is 19.6 Å². The van der Waals surface area contributed by atoms with Crippen LogP contribution in [0, 0.1) is 5.92 Å². The number of carbonyl (C=O) groups excluding carboxylic acids is 3. The van der Waals surface area contributed by atoms with Gasteiger partial charge in [-0.3, -0.25) is 14.4 Å². The van der Waals surface area contributed by atoms with Gasteiger partial charge in [0.1, 0.15) is 5.75 Å². The summed E-state index contributed by atoms with van der Waals surface area (Å²) in [4.78, 5) is 40.8. The Labute approximate surface area is 176 Å². The molecule has 1 aliphatic rings. The summed E-state index contributed by atoms with van der Waals surface area (Å²) in [7, 11) is 3.16. The van der Waals surface area contributed by atoms with E-state index in [2.05, 4.69) is 5.32 Å². The van der Waals surface area contributed by atoms with Crippen molar-refractivity contribution in [3.05, 3.63) is 54.1 Å². The SMILES string of the molecule is CCc1ccccc1N1C[C@@H](C(=O)N(C)CC(=O)Nc2ccc(OC)cc2)CC1=O. The molecule has 1 N–H and O–H groups in total. The van der Waals surface area contributed by atoms with E-state index in [0.717, 1.165) is 17.7 Å². The van der Waals surface area contributed by atoms with Crippen molar-refractivity contribution in [1.29, 1.82) is 0 Å². The van der Waals surface area contributed by atoms with Crippen LogP contribution >= 0.6 is 0 Å². The topological polar surface area (TPSA) is 79.0 Å². The zero-order valence-corrected chi connectivity index (χ0v) is 17.6. The molecule has 158 valence electrons. The van der Waals surface area contributed by atoms with Crippen molar-refractivity contribution in [2.45, 2.75) is 19.8 Å². The third kappa shape index (κ3) is 4.79. The highest BCUT2D eigenvalue weighted by Gasteiger charge is 2.37. The first-order chi connectivity index (χ1) is 14.4. The average Bonchev–Trinajstić information content (AvgIpc) is 3.14. The Bertz CT molecular complexity index is 926. The van der Waals surface area contributed by atoms with Crippen LogP contribution in [-0.2, 0) is 20.8 Å². The molecule has 3 amide bonds. The van der Waals surface area contributed by atoms with E-state index in [1.54, 1.807) is 43.3 Å². The molecule has 7 heteroatoms. The maximum atomic E-state index is 12.8. The molecular formula is C23H27N3O4. The molecule has 0 unspecified atom stereocenters. The number of hydrogen-bond acceptors (Lipinski definition) is 4. The molecule has 0 saturated carbocycles. The van der Waals surface area contributed by atoms with Crippen molar-refractivity contribution in [3.8, 4) is 5.75 Å². The highest BCUT2D eigenvalue weighted by molar-refractivity contribution is 6.01. The highest BCUT2D eigenvalue weighted by Crippen LogP contribution is 2.29. The molecule has 2 aromatic rings. The van der Waals surface area contributed by atoms with Gasteiger partial charge in [-0.05, 0) is 42.3 Å². The molecule has 0 aromatic heterocycles. The van der Waals surface area contributed by atoms with Crippen LogP contribution in [0.4, 0.5) is 11.4 Å². The minimum absolute atomic E-state index is 0.0645. The number of para-hydroxylation sites is 1. The second kappa shape index (κ2) is 9.43. The summed E-state index contributed by atoms with van der Waals surface area (Å²) in [5.41, 5.74) is 2.56. The number of nitrogens with zero attached hydrogens (tertiary/aromatic N) is 2. The highest BCUT2D eigenvalue weighted by atomic mass is 16.5. The van der Waals surface area contributed by atoms with Gasteiger partial charge in [-0.25, -0.2) is 0 Å². The number of aryl methyl sites for hydroxylation is 1. The van der Waals surface area contributed by atoms with Gasteiger partial charge in [0, 0.05) is 31.4 Å². The molecule has 7 nitrogen and oxygen atoms in total. The second-order valence-corrected chi connectivity index (χ2v) is 7.36. The van der Waals surface area contributed by atoms with Gasteiger partial charge in [-0.1, -0.05) is 25.1 Å². The van der Waals surface area contributed by atoms with E-state index in [1.165, 1.54) is 4.90 Å². The van der Waals surface area contributed by atoms with E-state index < -0.39 is 5.92 Å².